The van der Waals surface area contributed by atoms with Crippen LogP contribution in [0.2, 0.25) is 0 Å². The van der Waals surface area contributed by atoms with E-state index in [1.54, 1.807) is 0 Å². The van der Waals surface area contributed by atoms with Gasteiger partial charge in [-0.15, -0.1) is 0 Å². The molecule has 2 unspecified atom stereocenters. The number of hydrogen-bond donors (Lipinski definition) is 2. The number of nitrogens with zero attached hydrogens (tertiary/aromatic N) is 2. The summed E-state index contributed by atoms with van der Waals surface area (Å²) in [5, 5.41) is 6.74. The second kappa shape index (κ2) is 8.47. The van der Waals surface area contributed by atoms with Crippen molar-refractivity contribution >= 4 is 5.96 Å². The summed E-state index contributed by atoms with van der Waals surface area (Å²) in [5.41, 5.74) is 0. The molecular formula is C15H30N4O. The summed E-state index contributed by atoms with van der Waals surface area (Å²) in [6.07, 6.45) is 5.31. The molecule has 2 atom stereocenters. The van der Waals surface area contributed by atoms with Crippen LogP contribution in [0.25, 0.3) is 0 Å². The van der Waals surface area contributed by atoms with Crippen molar-refractivity contribution in [1.29, 1.82) is 0 Å². The Morgan fingerprint density at radius 1 is 1.25 bits per heavy atom. The third-order valence-electron chi connectivity index (χ3n) is 4.23. The van der Waals surface area contributed by atoms with Gasteiger partial charge in [0.2, 0.25) is 0 Å². The number of likely N-dealkylation sites (tertiary alicyclic amines) is 1. The summed E-state index contributed by atoms with van der Waals surface area (Å²) in [7, 11) is 0. The van der Waals surface area contributed by atoms with E-state index in [1.807, 2.05) is 0 Å². The lowest BCUT2D eigenvalue weighted by molar-refractivity contribution is 0.114. The molecule has 0 spiro atoms. The maximum atomic E-state index is 5.64. The molecule has 0 saturated carbocycles. The van der Waals surface area contributed by atoms with Gasteiger partial charge in [-0.25, -0.2) is 0 Å². The number of nitrogens with one attached hydrogen (secondary N) is 2. The molecule has 116 valence electrons. The number of ether oxygens (including phenoxy) is 1. The third-order valence-corrected chi connectivity index (χ3v) is 4.23. The summed E-state index contributed by atoms with van der Waals surface area (Å²) in [6.45, 7) is 10.3. The van der Waals surface area contributed by atoms with E-state index in [0.29, 0.717) is 12.1 Å². The monoisotopic (exact) mass is 282 g/mol. The second-order valence-electron chi connectivity index (χ2n) is 5.66. The van der Waals surface area contributed by atoms with Crippen molar-refractivity contribution in [3.63, 3.8) is 0 Å². The van der Waals surface area contributed by atoms with Gasteiger partial charge in [0.15, 0.2) is 5.96 Å². The molecule has 2 fully saturated rings. The van der Waals surface area contributed by atoms with Crippen molar-refractivity contribution in [2.45, 2.75) is 51.7 Å². The standard InChI is InChI=1S/C15H30N4O/c1-3-16-15(18-12-14-8-6-10-20-14)17-11-13-7-5-9-19(13)4-2/h13-14H,3-12H2,1-2H3,(H2,16,17,18). The Hall–Kier alpha value is -0.810. The molecule has 0 bridgehead atoms. The molecule has 2 heterocycles. The Morgan fingerprint density at radius 2 is 2.15 bits per heavy atom. The normalized spacial score (nSPS) is 28.0. The third kappa shape index (κ3) is 4.63. The largest absolute Gasteiger partial charge is 0.376 e. The summed E-state index contributed by atoms with van der Waals surface area (Å²) < 4.78 is 5.64. The molecule has 5 heteroatoms. The zero-order chi connectivity index (χ0) is 14.2. The van der Waals surface area contributed by atoms with Gasteiger partial charge in [0.05, 0.1) is 12.6 Å². The van der Waals surface area contributed by atoms with Crippen LogP contribution in [0, 0.1) is 0 Å². The molecule has 0 aliphatic carbocycles. The van der Waals surface area contributed by atoms with E-state index in [2.05, 4.69) is 29.4 Å². The Morgan fingerprint density at radius 3 is 2.85 bits per heavy atom. The quantitative estimate of drug-likeness (QED) is 0.568. The average Bonchev–Trinajstić information content (AvgIpc) is 3.12. The van der Waals surface area contributed by atoms with Crippen LogP contribution in [0.15, 0.2) is 4.99 Å². The van der Waals surface area contributed by atoms with Gasteiger partial charge in [0.25, 0.3) is 0 Å². The van der Waals surface area contributed by atoms with Gasteiger partial charge >= 0.3 is 0 Å². The van der Waals surface area contributed by atoms with Crippen molar-refractivity contribution < 1.29 is 4.74 Å². The highest BCUT2D eigenvalue weighted by Crippen LogP contribution is 2.16. The van der Waals surface area contributed by atoms with E-state index in [9.17, 15) is 0 Å². The van der Waals surface area contributed by atoms with Gasteiger partial charge in [-0.2, -0.15) is 0 Å². The highest BCUT2D eigenvalue weighted by molar-refractivity contribution is 5.79. The van der Waals surface area contributed by atoms with E-state index in [0.717, 1.165) is 38.7 Å². The molecule has 0 aromatic heterocycles. The maximum Gasteiger partial charge on any atom is 0.191 e. The fraction of sp³-hybridized carbons (Fsp3) is 0.933. The number of aliphatic imine (C=N–C) groups is 1. The molecule has 0 amide bonds. The number of rotatable bonds is 6. The van der Waals surface area contributed by atoms with E-state index in [1.165, 1.54) is 32.2 Å². The molecule has 0 aromatic carbocycles. The molecule has 2 N–H and O–H groups in total. The average molecular weight is 282 g/mol. The van der Waals surface area contributed by atoms with Crippen LogP contribution in [-0.4, -0.2) is 62.3 Å². The lowest BCUT2D eigenvalue weighted by Crippen LogP contribution is -2.42. The predicted octanol–water partition coefficient (Wildman–Crippen LogP) is 1.20. The van der Waals surface area contributed by atoms with Crippen LogP contribution in [0.3, 0.4) is 0 Å². The van der Waals surface area contributed by atoms with Crippen LogP contribution < -0.4 is 10.6 Å². The smallest absolute Gasteiger partial charge is 0.191 e. The maximum absolute atomic E-state index is 5.64. The van der Waals surface area contributed by atoms with E-state index in [-0.39, 0.29) is 0 Å². The van der Waals surface area contributed by atoms with Crippen LogP contribution in [0.1, 0.15) is 39.5 Å². The Kier molecular flexibility index (Phi) is 6.60. The van der Waals surface area contributed by atoms with Crippen molar-refractivity contribution in [2.24, 2.45) is 4.99 Å². The first kappa shape index (κ1) is 15.6. The van der Waals surface area contributed by atoms with Crippen LogP contribution in [0.4, 0.5) is 0 Å². The van der Waals surface area contributed by atoms with Gasteiger partial charge in [-0.3, -0.25) is 9.89 Å². The fourth-order valence-electron chi connectivity index (χ4n) is 3.07. The molecule has 0 radical (unpaired) electrons. The summed E-state index contributed by atoms with van der Waals surface area (Å²) in [5.74, 6) is 0.936. The SMILES string of the molecule is CCNC(=NCC1CCCN1CC)NCC1CCCO1. The van der Waals surface area contributed by atoms with E-state index in [4.69, 9.17) is 9.73 Å². The number of guanidine groups is 1. The lowest BCUT2D eigenvalue weighted by Gasteiger charge is -2.21. The molecule has 2 aliphatic heterocycles. The van der Waals surface area contributed by atoms with Gasteiger partial charge in [0, 0.05) is 25.7 Å². The van der Waals surface area contributed by atoms with Crippen LogP contribution in [0.5, 0.6) is 0 Å². The van der Waals surface area contributed by atoms with Gasteiger partial charge in [0.1, 0.15) is 0 Å². The highest BCUT2D eigenvalue weighted by Gasteiger charge is 2.22. The molecule has 20 heavy (non-hydrogen) atoms. The Balaban J connectivity index is 1.78. The molecule has 5 nitrogen and oxygen atoms in total. The highest BCUT2D eigenvalue weighted by atomic mass is 16.5. The lowest BCUT2D eigenvalue weighted by atomic mass is 10.2. The van der Waals surface area contributed by atoms with Gasteiger partial charge in [-0.05, 0) is 45.7 Å². The minimum absolute atomic E-state index is 0.359. The first-order chi connectivity index (χ1) is 9.83. The Labute approximate surface area is 123 Å². The zero-order valence-corrected chi connectivity index (χ0v) is 13.0. The molecule has 2 saturated heterocycles. The van der Waals surface area contributed by atoms with E-state index < -0.39 is 0 Å². The van der Waals surface area contributed by atoms with Gasteiger partial charge in [-0.1, -0.05) is 6.92 Å². The van der Waals surface area contributed by atoms with Crippen molar-refractivity contribution in [1.82, 2.24) is 15.5 Å². The van der Waals surface area contributed by atoms with Crippen molar-refractivity contribution in [3.8, 4) is 0 Å². The van der Waals surface area contributed by atoms with Crippen molar-refractivity contribution in [3.05, 3.63) is 0 Å². The Bertz CT molecular complexity index is 302. The number of hydrogen-bond acceptors (Lipinski definition) is 3. The predicted molar refractivity (Wildman–Crippen MR) is 83.2 cm³/mol. The molecular weight excluding hydrogens is 252 g/mol. The minimum Gasteiger partial charge on any atom is -0.376 e. The van der Waals surface area contributed by atoms with Gasteiger partial charge < -0.3 is 15.4 Å². The molecule has 0 aromatic rings. The minimum atomic E-state index is 0.359. The zero-order valence-electron chi connectivity index (χ0n) is 13.0. The topological polar surface area (TPSA) is 48.9 Å². The second-order valence-corrected chi connectivity index (χ2v) is 5.66. The van der Waals surface area contributed by atoms with Crippen LogP contribution >= 0.6 is 0 Å². The first-order valence-corrected chi connectivity index (χ1v) is 8.21. The fourth-order valence-corrected chi connectivity index (χ4v) is 3.07. The first-order valence-electron chi connectivity index (χ1n) is 8.21. The summed E-state index contributed by atoms with van der Waals surface area (Å²) in [6, 6.07) is 0.623. The van der Waals surface area contributed by atoms with E-state index >= 15 is 0 Å². The molecule has 2 aliphatic rings. The summed E-state index contributed by atoms with van der Waals surface area (Å²) in [4.78, 5) is 7.29. The molecule has 2 rings (SSSR count). The van der Waals surface area contributed by atoms with Crippen molar-refractivity contribution in [2.75, 3.05) is 39.3 Å². The number of likely N-dealkylation sites (N-methyl/N-ethyl adjacent to an activating group) is 1. The summed E-state index contributed by atoms with van der Waals surface area (Å²) >= 11 is 0. The van der Waals surface area contributed by atoms with Crippen LogP contribution in [-0.2, 0) is 4.74 Å².